The number of benzene rings is 2. The summed E-state index contributed by atoms with van der Waals surface area (Å²) in [6, 6.07) is 21.2. The van der Waals surface area contributed by atoms with Crippen LogP contribution in [0.15, 0.2) is 84.1 Å². The van der Waals surface area contributed by atoms with Crippen molar-refractivity contribution < 1.29 is 0 Å². The average Bonchev–Trinajstić information content (AvgIpc) is 2.87. The zero-order valence-corrected chi connectivity index (χ0v) is 15.5. The van der Waals surface area contributed by atoms with E-state index in [0.29, 0.717) is 0 Å². The summed E-state index contributed by atoms with van der Waals surface area (Å²) >= 11 is 0. The molecule has 2 heterocycles. The van der Waals surface area contributed by atoms with Gasteiger partial charge in [-0.25, -0.2) is 0 Å². The number of fused-ring (bicyclic) bond motifs is 1. The van der Waals surface area contributed by atoms with Gasteiger partial charge in [-0.3, -0.25) is 9.98 Å². The normalized spacial score (nSPS) is 14.0. The maximum absolute atomic E-state index is 4.80. The van der Waals surface area contributed by atoms with Gasteiger partial charge in [0.15, 0.2) is 0 Å². The second-order valence-corrected chi connectivity index (χ2v) is 6.82. The molecule has 0 saturated carbocycles. The van der Waals surface area contributed by atoms with Crippen molar-refractivity contribution in [3.05, 3.63) is 101 Å². The van der Waals surface area contributed by atoms with Crippen molar-refractivity contribution in [2.45, 2.75) is 6.42 Å². The van der Waals surface area contributed by atoms with Gasteiger partial charge in [0.05, 0.1) is 12.3 Å². The van der Waals surface area contributed by atoms with Gasteiger partial charge in [-0.1, -0.05) is 54.6 Å². The number of anilines is 1. The lowest BCUT2D eigenvalue weighted by molar-refractivity contribution is 0.897. The molecular formula is C24H23N3. The molecule has 3 heteroatoms. The molecule has 0 radical (unpaired) electrons. The van der Waals surface area contributed by atoms with Crippen LogP contribution in [0.25, 0.3) is 6.08 Å². The van der Waals surface area contributed by atoms with Gasteiger partial charge >= 0.3 is 0 Å². The minimum atomic E-state index is 0.811. The average molecular weight is 353 g/mol. The van der Waals surface area contributed by atoms with Crippen molar-refractivity contribution in [2.75, 3.05) is 25.0 Å². The summed E-state index contributed by atoms with van der Waals surface area (Å²) in [5.74, 6) is 0. The number of benzodiazepines with no additional fused rings is 1. The molecule has 1 aliphatic heterocycles. The predicted octanol–water partition coefficient (Wildman–Crippen LogP) is 4.62. The highest BCUT2D eigenvalue weighted by molar-refractivity contribution is 6.14. The number of aliphatic imine (C=N–C) groups is 1. The van der Waals surface area contributed by atoms with Crippen molar-refractivity contribution in [3.8, 4) is 0 Å². The Kier molecular flexibility index (Phi) is 5.10. The highest BCUT2D eigenvalue weighted by Crippen LogP contribution is 2.23. The van der Waals surface area contributed by atoms with Crippen LogP contribution in [0.4, 0.5) is 5.69 Å². The molecule has 0 unspecified atom stereocenters. The molecule has 0 spiro atoms. The molecule has 1 aromatic heterocycles. The summed E-state index contributed by atoms with van der Waals surface area (Å²) in [4.78, 5) is 11.3. The van der Waals surface area contributed by atoms with Gasteiger partial charge in [0.1, 0.15) is 0 Å². The molecule has 0 N–H and O–H groups in total. The van der Waals surface area contributed by atoms with Crippen LogP contribution < -0.4 is 4.90 Å². The fraction of sp³-hybridized carbons (Fsp3) is 0.167. The van der Waals surface area contributed by atoms with Gasteiger partial charge in [-0.15, -0.1) is 0 Å². The van der Waals surface area contributed by atoms with Gasteiger partial charge in [-0.2, -0.15) is 0 Å². The monoisotopic (exact) mass is 353 g/mol. The lowest BCUT2D eigenvalue weighted by atomic mass is 10.0. The molecule has 0 bridgehead atoms. The zero-order valence-electron chi connectivity index (χ0n) is 15.5. The molecule has 3 aromatic rings. The molecule has 0 saturated heterocycles. The third kappa shape index (κ3) is 4.14. The first-order valence-electron chi connectivity index (χ1n) is 9.30. The van der Waals surface area contributed by atoms with E-state index in [0.717, 1.165) is 25.2 Å². The Balaban J connectivity index is 1.57. The fourth-order valence-electron chi connectivity index (χ4n) is 3.41. The highest BCUT2D eigenvalue weighted by Gasteiger charge is 2.13. The Morgan fingerprint density at radius 1 is 0.963 bits per heavy atom. The van der Waals surface area contributed by atoms with Crippen LogP contribution in [0.5, 0.6) is 0 Å². The SMILES string of the molecule is CN1CCN=C(C=Cc2cccc(Cc3cccnc3)c2)c2ccccc21. The van der Waals surface area contributed by atoms with Crippen molar-refractivity contribution >= 4 is 17.5 Å². The largest absolute Gasteiger partial charge is 0.372 e. The van der Waals surface area contributed by atoms with Gasteiger partial charge in [0, 0.05) is 37.2 Å². The van der Waals surface area contributed by atoms with Crippen LogP contribution in [0.3, 0.4) is 0 Å². The first-order chi connectivity index (χ1) is 13.3. The van der Waals surface area contributed by atoms with Crippen molar-refractivity contribution in [1.82, 2.24) is 4.98 Å². The Morgan fingerprint density at radius 3 is 2.74 bits per heavy atom. The molecule has 0 fully saturated rings. The second kappa shape index (κ2) is 8.00. The number of hydrogen-bond donors (Lipinski definition) is 0. The van der Waals surface area contributed by atoms with E-state index in [4.69, 9.17) is 4.99 Å². The van der Waals surface area contributed by atoms with E-state index in [1.165, 1.54) is 27.9 Å². The minimum absolute atomic E-state index is 0.811. The van der Waals surface area contributed by atoms with Crippen molar-refractivity contribution in [1.29, 1.82) is 0 Å². The summed E-state index contributed by atoms with van der Waals surface area (Å²) in [5, 5.41) is 0. The first kappa shape index (κ1) is 17.2. The number of likely N-dealkylation sites (N-methyl/N-ethyl adjacent to an activating group) is 1. The molecule has 2 aromatic carbocycles. The molecule has 3 nitrogen and oxygen atoms in total. The smallest absolute Gasteiger partial charge is 0.0668 e. The second-order valence-electron chi connectivity index (χ2n) is 6.82. The van der Waals surface area contributed by atoms with Gasteiger partial charge in [0.2, 0.25) is 0 Å². The Morgan fingerprint density at radius 2 is 1.85 bits per heavy atom. The maximum atomic E-state index is 4.80. The maximum Gasteiger partial charge on any atom is 0.0668 e. The summed E-state index contributed by atoms with van der Waals surface area (Å²) in [5.41, 5.74) is 7.18. The van der Waals surface area contributed by atoms with E-state index in [9.17, 15) is 0 Å². The topological polar surface area (TPSA) is 28.5 Å². The highest BCUT2D eigenvalue weighted by atomic mass is 15.1. The quantitative estimate of drug-likeness (QED) is 0.684. The number of para-hydroxylation sites is 1. The van der Waals surface area contributed by atoms with Gasteiger partial charge in [-0.05, 0) is 41.3 Å². The lowest BCUT2D eigenvalue weighted by Gasteiger charge is -2.18. The Bertz CT molecular complexity index is 974. The summed E-state index contributed by atoms with van der Waals surface area (Å²) < 4.78 is 0. The molecule has 4 rings (SSSR count). The molecule has 0 amide bonds. The zero-order chi connectivity index (χ0) is 18.5. The van der Waals surface area contributed by atoms with Crippen molar-refractivity contribution in [2.24, 2.45) is 4.99 Å². The molecule has 27 heavy (non-hydrogen) atoms. The van der Waals surface area contributed by atoms with Crippen LogP contribution >= 0.6 is 0 Å². The predicted molar refractivity (Wildman–Crippen MR) is 114 cm³/mol. The van der Waals surface area contributed by atoms with Crippen molar-refractivity contribution in [3.63, 3.8) is 0 Å². The minimum Gasteiger partial charge on any atom is -0.372 e. The summed E-state index contributed by atoms with van der Waals surface area (Å²) in [6.07, 6.45) is 8.93. The number of hydrogen-bond acceptors (Lipinski definition) is 3. The Hall–Kier alpha value is -3.20. The third-order valence-electron chi connectivity index (χ3n) is 4.82. The van der Waals surface area contributed by atoms with Crippen LogP contribution in [-0.4, -0.2) is 30.8 Å². The number of nitrogens with zero attached hydrogens (tertiary/aromatic N) is 3. The Labute approximate surface area is 160 Å². The van der Waals surface area contributed by atoms with Crippen LogP contribution in [0, 0.1) is 0 Å². The molecule has 134 valence electrons. The van der Waals surface area contributed by atoms with Crippen LogP contribution in [0.2, 0.25) is 0 Å². The number of aromatic nitrogens is 1. The molecule has 0 aliphatic carbocycles. The fourth-order valence-corrected chi connectivity index (χ4v) is 3.41. The van der Waals surface area contributed by atoms with Crippen LogP contribution in [0.1, 0.15) is 22.3 Å². The molecule has 1 aliphatic rings. The number of allylic oxidation sites excluding steroid dienone is 1. The van der Waals surface area contributed by atoms with E-state index in [1.807, 2.05) is 18.5 Å². The number of pyridine rings is 1. The van der Waals surface area contributed by atoms with E-state index >= 15 is 0 Å². The van der Waals surface area contributed by atoms with Crippen LogP contribution in [-0.2, 0) is 6.42 Å². The summed E-state index contributed by atoms with van der Waals surface area (Å²) in [7, 11) is 2.13. The first-order valence-corrected chi connectivity index (χ1v) is 9.30. The third-order valence-corrected chi connectivity index (χ3v) is 4.82. The van der Waals surface area contributed by atoms with E-state index in [1.54, 1.807) is 0 Å². The number of rotatable bonds is 4. The van der Waals surface area contributed by atoms with Gasteiger partial charge < -0.3 is 4.90 Å². The summed E-state index contributed by atoms with van der Waals surface area (Å²) in [6.45, 7) is 1.75. The molecule has 0 atom stereocenters. The lowest BCUT2D eigenvalue weighted by Crippen LogP contribution is -2.20. The van der Waals surface area contributed by atoms with E-state index < -0.39 is 0 Å². The van der Waals surface area contributed by atoms with Gasteiger partial charge in [0.25, 0.3) is 0 Å². The standard InChI is InChI=1S/C24H23N3/c1-27-15-14-26-23(22-9-2-3-10-24(22)27)12-11-19-6-4-7-20(16-19)17-21-8-5-13-25-18-21/h2-13,16,18H,14-15,17H2,1H3. The van der Waals surface area contributed by atoms with E-state index in [-0.39, 0.29) is 0 Å². The molecular weight excluding hydrogens is 330 g/mol. The van der Waals surface area contributed by atoms with E-state index in [2.05, 4.69) is 83.7 Å².